The van der Waals surface area contributed by atoms with Crippen LogP contribution in [-0.4, -0.2) is 38.8 Å². The lowest BCUT2D eigenvalue weighted by Gasteiger charge is -2.30. The molecule has 0 bridgehead atoms. The number of rotatable bonds is 4. The summed E-state index contributed by atoms with van der Waals surface area (Å²) in [5.41, 5.74) is 1.98. The van der Waals surface area contributed by atoms with E-state index in [2.05, 4.69) is 28.5 Å². The largest absolute Gasteiger partial charge is 0.324 e. The number of nitrogens with zero attached hydrogens (tertiary/aromatic N) is 4. The van der Waals surface area contributed by atoms with Gasteiger partial charge in [-0.2, -0.15) is 0 Å². The molecule has 3 rings (SSSR count). The molecule has 2 amide bonds. The molecule has 1 fully saturated rings. The molecule has 7 heteroatoms. The van der Waals surface area contributed by atoms with E-state index in [1.165, 1.54) is 0 Å². The van der Waals surface area contributed by atoms with Crippen molar-refractivity contribution in [1.82, 2.24) is 19.7 Å². The summed E-state index contributed by atoms with van der Waals surface area (Å²) in [6, 6.07) is 7.95. The lowest BCUT2D eigenvalue weighted by Crippen LogP contribution is -2.44. The maximum Gasteiger partial charge on any atom is 0.321 e. The van der Waals surface area contributed by atoms with Gasteiger partial charge in [0.25, 0.3) is 0 Å². The summed E-state index contributed by atoms with van der Waals surface area (Å²) in [4.78, 5) is 13.8. The van der Waals surface area contributed by atoms with Crippen molar-refractivity contribution in [2.75, 3.05) is 18.4 Å². The van der Waals surface area contributed by atoms with E-state index in [0.29, 0.717) is 0 Å². The van der Waals surface area contributed by atoms with Gasteiger partial charge in [0.1, 0.15) is 6.33 Å². The number of carbonyl (C=O) groups is 1. The summed E-state index contributed by atoms with van der Waals surface area (Å²) in [6.07, 6.45) is 2.79. The van der Waals surface area contributed by atoms with Gasteiger partial charge in [-0.05, 0) is 31.0 Å². The first-order valence-corrected chi connectivity index (χ1v) is 8.18. The van der Waals surface area contributed by atoms with Crippen LogP contribution in [0.2, 0.25) is 0 Å². The zero-order valence-electron chi connectivity index (χ0n) is 12.7. The molecule has 2 heterocycles. The number of urea groups is 1. The fraction of sp³-hybridized carbons (Fsp3) is 0.400. The molecule has 116 valence electrons. The minimum Gasteiger partial charge on any atom is -0.324 e. The zero-order chi connectivity index (χ0) is 15.5. The SMILES string of the molecule is CC(Sc1nncn1C)c1cccc(NC(=O)N2CCC2)c1. The van der Waals surface area contributed by atoms with Crippen molar-refractivity contribution in [1.29, 1.82) is 0 Å². The number of anilines is 1. The molecule has 0 radical (unpaired) electrons. The van der Waals surface area contributed by atoms with Gasteiger partial charge in [0.05, 0.1) is 0 Å². The number of aromatic nitrogens is 3. The van der Waals surface area contributed by atoms with E-state index in [4.69, 9.17) is 0 Å². The van der Waals surface area contributed by atoms with Crippen molar-refractivity contribution in [3.05, 3.63) is 36.2 Å². The Balaban J connectivity index is 1.67. The topological polar surface area (TPSA) is 63.1 Å². The van der Waals surface area contributed by atoms with Crippen LogP contribution in [0, 0.1) is 0 Å². The molecule has 1 N–H and O–H groups in total. The summed E-state index contributed by atoms with van der Waals surface area (Å²) < 4.78 is 1.90. The van der Waals surface area contributed by atoms with Gasteiger partial charge in [0.2, 0.25) is 0 Å². The number of benzene rings is 1. The molecular weight excluding hydrogens is 298 g/mol. The number of hydrogen-bond donors (Lipinski definition) is 1. The molecule has 0 aliphatic carbocycles. The molecule has 1 unspecified atom stereocenters. The summed E-state index contributed by atoms with van der Waals surface area (Å²) in [7, 11) is 1.93. The lowest BCUT2D eigenvalue weighted by atomic mass is 10.1. The van der Waals surface area contributed by atoms with E-state index in [9.17, 15) is 4.79 Å². The van der Waals surface area contributed by atoms with Crippen molar-refractivity contribution in [2.45, 2.75) is 23.8 Å². The Kier molecular flexibility index (Phi) is 4.33. The van der Waals surface area contributed by atoms with E-state index >= 15 is 0 Å². The molecule has 1 atom stereocenters. The number of carbonyl (C=O) groups excluding carboxylic acids is 1. The van der Waals surface area contributed by atoms with Gasteiger partial charge < -0.3 is 14.8 Å². The van der Waals surface area contributed by atoms with Crippen LogP contribution < -0.4 is 5.32 Å². The van der Waals surface area contributed by atoms with E-state index in [0.717, 1.165) is 35.9 Å². The molecule has 1 aliphatic rings. The van der Waals surface area contributed by atoms with Crippen molar-refractivity contribution in [3.63, 3.8) is 0 Å². The Bertz CT molecular complexity index is 667. The van der Waals surface area contributed by atoms with Crippen LogP contribution in [-0.2, 0) is 7.05 Å². The van der Waals surface area contributed by atoms with Gasteiger partial charge in [-0.15, -0.1) is 10.2 Å². The van der Waals surface area contributed by atoms with Gasteiger partial charge in [-0.1, -0.05) is 23.9 Å². The minimum atomic E-state index is -0.0167. The lowest BCUT2D eigenvalue weighted by molar-refractivity contribution is 0.181. The summed E-state index contributed by atoms with van der Waals surface area (Å²) >= 11 is 1.65. The maximum atomic E-state index is 12.0. The van der Waals surface area contributed by atoms with Crippen LogP contribution in [0.4, 0.5) is 10.5 Å². The summed E-state index contributed by atoms with van der Waals surface area (Å²) in [5.74, 6) is 0. The van der Waals surface area contributed by atoms with Crippen molar-refractivity contribution >= 4 is 23.5 Å². The Morgan fingerprint density at radius 2 is 2.23 bits per heavy atom. The first-order chi connectivity index (χ1) is 10.6. The Hall–Kier alpha value is -2.02. The molecule has 1 aromatic carbocycles. The third-order valence-electron chi connectivity index (χ3n) is 3.70. The molecule has 6 nitrogen and oxygen atoms in total. The highest BCUT2D eigenvalue weighted by Gasteiger charge is 2.20. The second kappa shape index (κ2) is 6.39. The Morgan fingerprint density at radius 1 is 1.41 bits per heavy atom. The van der Waals surface area contributed by atoms with Crippen molar-refractivity contribution in [3.8, 4) is 0 Å². The predicted octanol–water partition coefficient (Wildman–Crippen LogP) is 2.91. The van der Waals surface area contributed by atoms with Gasteiger partial charge in [0.15, 0.2) is 5.16 Å². The standard InChI is InChI=1S/C15H19N5OS/c1-11(22-15-18-16-10-19(15)2)12-5-3-6-13(9-12)17-14(21)20-7-4-8-20/h3,5-6,9-11H,4,7-8H2,1-2H3,(H,17,21). The molecule has 22 heavy (non-hydrogen) atoms. The first kappa shape index (κ1) is 14.9. The average molecular weight is 317 g/mol. The van der Waals surface area contributed by atoms with Gasteiger partial charge in [-0.25, -0.2) is 4.79 Å². The molecule has 0 saturated carbocycles. The number of thioether (sulfide) groups is 1. The fourth-order valence-electron chi connectivity index (χ4n) is 2.20. The Morgan fingerprint density at radius 3 is 2.86 bits per heavy atom. The third kappa shape index (κ3) is 3.24. The van der Waals surface area contributed by atoms with Crippen molar-refractivity contribution < 1.29 is 4.79 Å². The molecular formula is C15H19N5OS. The van der Waals surface area contributed by atoms with Gasteiger partial charge in [0, 0.05) is 31.1 Å². The highest BCUT2D eigenvalue weighted by molar-refractivity contribution is 7.99. The van der Waals surface area contributed by atoms with Crippen LogP contribution in [0.15, 0.2) is 35.7 Å². The number of hydrogen-bond acceptors (Lipinski definition) is 4. The second-order valence-corrected chi connectivity index (χ2v) is 6.69. The molecule has 1 aliphatic heterocycles. The van der Waals surface area contributed by atoms with Crippen LogP contribution in [0.1, 0.15) is 24.2 Å². The minimum absolute atomic E-state index is 0.0167. The van der Waals surface area contributed by atoms with Crippen LogP contribution >= 0.6 is 11.8 Å². The van der Waals surface area contributed by atoms with E-state index < -0.39 is 0 Å². The number of aryl methyl sites for hydroxylation is 1. The quantitative estimate of drug-likeness (QED) is 0.881. The number of likely N-dealkylation sites (tertiary alicyclic amines) is 1. The van der Waals surface area contributed by atoms with E-state index in [-0.39, 0.29) is 11.3 Å². The third-order valence-corrected chi connectivity index (χ3v) is 4.91. The first-order valence-electron chi connectivity index (χ1n) is 7.30. The van der Waals surface area contributed by atoms with E-state index in [1.54, 1.807) is 18.1 Å². The van der Waals surface area contributed by atoms with Crippen molar-refractivity contribution in [2.24, 2.45) is 7.05 Å². The normalized spacial score (nSPS) is 15.3. The predicted molar refractivity (Wildman–Crippen MR) is 86.9 cm³/mol. The van der Waals surface area contributed by atoms with Gasteiger partial charge in [-0.3, -0.25) is 0 Å². The molecule has 0 spiro atoms. The number of amides is 2. The van der Waals surface area contributed by atoms with E-state index in [1.807, 2.05) is 34.7 Å². The van der Waals surface area contributed by atoms with Crippen LogP contribution in [0.25, 0.3) is 0 Å². The highest BCUT2D eigenvalue weighted by atomic mass is 32.2. The smallest absolute Gasteiger partial charge is 0.321 e. The Labute approximate surface area is 133 Å². The number of nitrogens with one attached hydrogen (secondary N) is 1. The summed E-state index contributed by atoms with van der Waals surface area (Å²) in [5, 5.41) is 12.0. The fourth-order valence-corrected chi connectivity index (χ4v) is 3.10. The zero-order valence-corrected chi connectivity index (χ0v) is 13.5. The highest BCUT2D eigenvalue weighted by Crippen LogP contribution is 2.34. The van der Waals surface area contributed by atoms with Crippen LogP contribution in [0.3, 0.4) is 0 Å². The molecule has 1 aromatic heterocycles. The van der Waals surface area contributed by atoms with Crippen LogP contribution in [0.5, 0.6) is 0 Å². The second-order valence-electron chi connectivity index (χ2n) is 5.38. The molecule has 2 aromatic rings. The monoisotopic (exact) mass is 317 g/mol. The maximum absolute atomic E-state index is 12.0. The van der Waals surface area contributed by atoms with Gasteiger partial charge >= 0.3 is 6.03 Å². The average Bonchev–Trinajstić information content (AvgIpc) is 2.82. The molecule has 1 saturated heterocycles. The summed E-state index contributed by atoms with van der Waals surface area (Å²) in [6.45, 7) is 3.82.